The summed E-state index contributed by atoms with van der Waals surface area (Å²) in [5.74, 6) is -0.243. The maximum Gasteiger partial charge on any atom is 0.404 e. The lowest BCUT2D eigenvalue weighted by Crippen LogP contribution is -2.55. The van der Waals surface area contributed by atoms with E-state index in [0.717, 1.165) is 31.2 Å². The van der Waals surface area contributed by atoms with E-state index in [1.807, 2.05) is 30.3 Å². The SMILES string of the molecule is CC1CCC(NC(=O)C2(C(F)(F)F)CCN(Cc3ccccc3)C2)CC1. The van der Waals surface area contributed by atoms with Gasteiger partial charge >= 0.3 is 6.18 Å². The molecule has 3 nitrogen and oxygen atoms in total. The van der Waals surface area contributed by atoms with Crippen molar-refractivity contribution >= 4 is 5.91 Å². The molecule has 0 radical (unpaired) electrons. The number of hydrogen-bond donors (Lipinski definition) is 1. The van der Waals surface area contributed by atoms with Gasteiger partial charge in [-0.25, -0.2) is 0 Å². The van der Waals surface area contributed by atoms with E-state index in [1.54, 1.807) is 4.90 Å². The van der Waals surface area contributed by atoms with E-state index in [1.165, 1.54) is 0 Å². The number of amides is 1. The summed E-state index contributed by atoms with van der Waals surface area (Å²) in [5, 5.41) is 2.73. The van der Waals surface area contributed by atoms with Crippen molar-refractivity contribution in [1.82, 2.24) is 10.2 Å². The molecule has 3 rings (SSSR count). The van der Waals surface area contributed by atoms with Gasteiger partial charge in [-0.1, -0.05) is 37.3 Å². The van der Waals surface area contributed by atoms with Gasteiger partial charge in [0.25, 0.3) is 0 Å². The Balaban J connectivity index is 1.68. The Hall–Kier alpha value is -1.56. The summed E-state index contributed by atoms with van der Waals surface area (Å²) in [5.41, 5.74) is -1.32. The molecule has 1 heterocycles. The van der Waals surface area contributed by atoms with Crippen molar-refractivity contribution in [2.45, 2.75) is 57.8 Å². The maximum absolute atomic E-state index is 13.9. The van der Waals surface area contributed by atoms with Crippen LogP contribution in [0.3, 0.4) is 0 Å². The molecule has 1 aliphatic carbocycles. The second-order valence-corrected chi connectivity index (χ2v) is 7.96. The highest BCUT2D eigenvalue weighted by atomic mass is 19.4. The molecule has 1 atom stereocenters. The Bertz CT molecular complexity index is 611. The number of alkyl halides is 3. The average molecular weight is 368 g/mol. The molecule has 144 valence electrons. The number of nitrogens with one attached hydrogen (secondary N) is 1. The van der Waals surface area contributed by atoms with Gasteiger partial charge in [0.1, 0.15) is 0 Å². The van der Waals surface area contributed by atoms with Crippen molar-refractivity contribution in [3.05, 3.63) is 35.9 Å². The normalized spacial score (nSPS) is 30.3. The van der Waals surface area contributed by atoms with Crippen molar-refractivity contribution < 1.29 is 18.0 Å². The number of rotatable bonds is 4. The van der Waals surface area contributed by atoms with E-state index >= 15 is 0 Å². The van der Waals surface area contributed by atoms with Crippen molar-refractivity contribution in [3.8, 4) is 0 Å². The van der Waals surface area contributed by atoms with Crippen molar-refractivity contribution in [2.75, 3.05) is 13.1 Å². The monoisotopic (exact) mass is 368 g/mol. The Morgan fingerprint density at radius 1 is 1.19 bits per heavy atom. The Morgan fingerprint density at radius 2 is 1.85 bits per heavy atom. The molecule has 1 aromatic rings. The highest BCUT2D eigenvalue weighted by Crippen LogP contribution is 2.46. The summed E-state index contributed by atoms with van der Waals surface area (Å²) in [6.45, 7) is 2.60. The lowest BCUT2D eigenvalue weighted by atomic mass is 9.83. The summed E-state index contributed by atoms with van der Waals surface area (Å²) in [6, 6.07) is 9.30. The lowest BCUT2D eigenvalue weighted by molar-refractivity contribution is -0.218. The van der Waals surface area contributed by atoms with E-state index in [9.17, 15) is 18.0 Å². The molecule has 0 aromatic heterocycles. The number of carbonyl (C=O) groups is 1. The summed E-state index contributed by atoms with van der Waals surface area (Å²) in [6.07, 6.45) is -1.24. The third kappa shape index (κ3) is 4.05. The molecule has 26 heavy (non-hydrogen) atoms. The van der Waals surface area contributed by atoms with E-state index in [0.29, 0.717) is 12.5 Å². The fraction of sp³-hybridized carbons (Fsp3) is 0.650. The third-order valence-electron chi connectivity index (χ3n) is 5.93. The molecule has 1 aromatic carbocycles. The van der Waals surface area contributed by atoms with Crippen LogP contribution in [0.25, 0.3) is 0 Å². The van der Waals surface area contributed by atoms with E-state index in [4.69, 9.17) is 0 Å². The highest BCUT2D eigenvalue weighted by Gasteiger charge is 2.63. The number of likely N-dealkylation sites (tertiary alicyclic amines) is 1. The molecule has 1 unspecified atom stereocenters. The van der Waals surface area contributed by atoms with E-state index in [2.05, 4.69) is 12.2 Å². The van der Waals surface area contributed by atoms with Crippen LogP contribution in [-0.2, 0) is 11.3 Å². The predicted molar refractivity (Wildman–Crippen MR) is 94.4 cm³/mol. The molecule has 1 saturated carbocycles. The highest BCUT2D eigenvalue weighted by molar-refractivity contribution is 5.84. The number of hydrogen-bond acceptors (Lipinski definition) is 2. The standard InChI is InChI=1S/C20H27F3N2O/c1-15-7-9-17(10-8-15)24-18(26)19(20(21,22)23)11-12-25(14-19)13-16-5-3-2-4-6-16/h2-6,15,17H,7-14H2,1H3,(H,24,26). The number of nitrogens with zero attached hydrogens (tertiary/aromatic N) is 1. The number of carbonyl (C=O) groups excluding carboxylic acids is 1. The zero-order valence-electron chi connectivity index (χ0n) is 15.2. The smallest absolute Gasteiger partial charge is 0.353 e. The first kappa shape index (κ1) is 19.2. The Kier molecular flexibility index (Phi) is 5.61. The predicted octanol–water partition coefficient (Wildman–Crippen LogP) is 4.14. The molecule has 1 N–H and O–H groups in total. The Morgan fingerprint density at radius 3 is 2.46 bits per heavy atom. The van der Waals surface area contributed by atoms with Crippen LogP contribution in [0.4, 0.5) is 13.2 Å². The number of halogens is 3. The van der Waals surface area contributed by atoms with E-state index in [-0.39, 0.29) is 25.6 Å². The van der Waals surface area contributed by atoms with Crippen LogP contribution in [0.15, 0.2) is 30.3 Å². The number of benzene rings is 1. The quantitative estimate of drug-likeness (QED) is 0.866. The molecular formula is C20H27F3N2O. The molecule has 6 heteroatoms. The lowest BCUT2D eigenvalue weighted by Gasteiger charge is -2.34. The minimum Gasteiger partial charge on any atom is -0.353 e. The van der Waals surface area contributed by atoms with Crippen LogP contribution in [0.2, 0.25) is 0 Å². The molecule has 1 amide bonds. The van der Waals surface area contributed by atoms with Crippen molar-refractivity contribution in [1.29, 1.82) is 0 Å². The zero-order chi connectivity index (χ0) is 18.8. The average Bonchev–Trinajstić information content (AvgIpc) is 3.03. The minimum absolute atomic E-state index is 0.124. The maximum atomic E-state index is 13.9. The minimum atomic E-state index is -4.54. The van der Waals surface area contributed by atoms with Gasteiger partial charge in [-0.3, -0.25) is 9.69 Å². The second kappa shape index (κ2) is 7.59. The van der Waals surface area contributed by atoms with Gasteiger partial charge in [0.15, 0.2) is 5.41 Å². The van der Waals surface area contributed by atoms with Crippen LogP contribution >= 0.6 is 0 Å². The second-order valence-electron chi connectivity index (χ2n) is 7.96. The molecule has 2 fully saturated rings. The van der Waals surface area contributed by atoms with Gasteiger partial charge in [-0.05, 0) is 50.1 Å². The van der Waals surface area contributed by atoms with Crippen molar-refractivity contribution in [3.63, 3.8) is 0 Å². The topological polar surface area (TPSA) is 32.3 Å². The molecule has 0 spiro atoms. The molecule has 1 saturated heterocycles. The first-order valence-corrected chi connectivity index (χ1v) is 9.44. The van der Waals surface area contributed by atoms with Crippen LogP contribution in [0, 0.1) is 11.3 Å². The fourth-order valence-electron chi connectivity index (χ4n) is 4.14. The van der Waals surface area contributed by atoms with Crippen LogP contribution in [0.1, 0.15) is 44.6 Å². The first-order chi connectivity index (χ1) is 12.3. The molecular weight excluding hydrogens is 341 g/mol. The van der Waals surface area contributed by atoms with Gasteiger partial charge in [0.2, 0.25) is 5.91 Å². The third-order valence-corrected chi connectivity index (χ3v) is 5.93. The summed E-state index contributed by atoms with van der Waals surface area (Å²) in [7, 11) is 0. The van der Waals surface area contributed by atoms with Crippen LogP contribution in [0.5, 0.6) is 0 Å². The first-order valence-electron chi connectivity index (χ1n) is 9.44. The molecule has 1 aliphatic heterocycles. The van der Waals surface area contributed by atoms with Gasteiger partial charge in [-0.2, -0.15) is 13.2 Å². The zero-order valence-corrected chi connectivity index (χ0v) is 15.2. The van der Waals surface area contributed by atoms with Crippen molar-refractivity contribution in [2.24, 2.45) is 11.3 Å². The van der Waals surface area contributed by atoms with Crippen LogP contribution in [-0.4, -0.2) is 36.1 Å². The van der Waals surface area contributed by atoms with Gasteiger partial charge < -0.3 is 5.32 Å². The summed E-state index contributed by atoms with van der Waals surface area (Å²) in [4.78, 5) is 14.4. The van der Waals surface area contributed by atoms with Gasteiger partial charge in [0, 0.05) is 19.1 Å². The van der Waals surface area contributed by atoms with E-state index < -0.39 is 17.5 Å². The summed E-state index contributed by atoms with van der Waals surface area (Å²) < 4.78 is 41.7. The molecule has 2 aliphatic rings. The fourth-order valence-corrected chi connectivity index (χ4v) is 4.14. The largest absolute Gasteiger partial charge is 0.404 e. The van der Waals surface area contributed by atoms with Crippen LogP contribution < -0.4 is 5.32 Å². The summed E-state index contributed by atoms with van der Waals surface area (Å²) >= 11 is 0. The van der Waals surface area contributed by atoms with Gasteiger partial charge in [-0.15, -0.1) is 0 Å². The Labute approximate surface area is 152 Å². The van der Waals surface area contributed by atoms with Gasteiger partial charge in [0.05, 0.1) is 0 Å². The molecule has 0 bridgehead atoms.